The van der Waals surface area contributed by atoms with E-state index in [9.17, 15) is 29.4 Å². The van der Waals surface area contributed by atoms with Gasteiger partial charge in [-0.3, -0.25) is 9.59 Å². The Labute approximate surface area is 191 Å². The van der Waals surface area contributed by atoms with Gasteiger partial charge in [-0.2, -0.15) is 0 Å². The molecule has 8 heteroatoms. The molecule has 2 aliphatic heterocycles. The highest BCUT2D eigenvalue weighted by Gasteiger charge is 2.58. The summed E-state index contributed by atoms with van der Waals surface area (Å²) in [5, 5.41) is 24.9. The molecule has 2 heterocycles. The molecule has 0 N–H and O–H groups in total. The van der Waals surface area contributed by atoms with Crippen LogP contribution in [0.3, 0.4) is 0 Å². The number of hydrogen-bond acceptors (Lipinski definition) is 6. The van der Waals surface area contributed by atoms with Crippen LogP contribution < -0.4 is 10.2 Å². The highest BCUT2D eigenvalue weighted by Crippen LogP contribution is 2.57. The summed E-state index contributed by atoms with van der Waals surface area (Å²) < 4.78 is 0. The topological polar surface area (TPSA) is 121 Å². The van der Waals surface area contributed by atoms with Crippen molar-refractivity contribution in [1.82, 2.24) is 9.80 Å². The summed E-state index contributed by atoms with van der Waals surface area (Å²) in [6.07, 6.45) is 2.20. The SMILES string of the molecule is CC1(C)CC(C(CC(=O)[O-])(C(=O)[O-])C2CC(C)(C)N(C=O)C(C)(C)C2)CC(C)(C)N1C=O. The summed E-state index contributed by atoms with van der Waals surface area (Å²) >= 11 is 0. The Kier molecular flexibility index (Phi) is 6.56. The number of nitrogens with zero attached hydrogens (tertiary/aromatic N) is 2. The lowest BCUT2D eigenvalue weighted by atomic mass is 9.52. The van der Waals surface area contributed by atoms with Crippen LogP contribution in [-0.4, -0.2) is 56.7 Å². The second-order valence-corrected chi connectivity index (χ2v) is 12.3. The van der Waals surface area contributed by atoms with Crippen LogP contribution in [-0.2, 0) is 19.2 Å². The van der Waals surface area contributed by atoms with Crippen LogP contribution in [0.4, 0.5) is 0 Å². The van der Waals surface area contributed by atoms with Crippen LogP contribution in [0.15, 0.2) is 0 Å². The van der Waals surface area contributed by atoms with E-state index in [0.717, 1.165) is 12.8 Å². The van der Waals surface area contributed by atoms with Crippen molar-refractivity contribution < 1.29 is 29.4 Å². The second-order valence-electron chi connectivity index (χ2n) is 12.3. The molecule has 0 bridgehead atoms. The van der Waals surface area contributed by atoms with Gasteiger partial charge in [0.1, 0.15) is 0 Å². The van der Waals surface area contributed by atoms with E-state index in [-0.39, 0.29) is 0 Å². The fraction of sp³-hybridized carbons (Fsp3) is 0.833. The maximum Gasteiger partial charge on any atom is 0.210 e. The molecular formula is C24H38N2O6-2. The number of rotatable bonds is 7. The third kappa shape index (κ3) is 4.25. The molecule has 0 spiro atoms. The average molecular weight is 451 g/mol. The molecule has 182 valence electrons. The Bertz CT molecular complexity index is 701. The van der Waals surface area contributed by atoms with Gasteiger partial charge < -0.3 is 29.6 Å². The summed E-state index contributed by atoms with van der Waals surface area (Å²) in [5.74, 6) is -3.93. The molecule has 2 aliphatic rings. The van der Waals surface area contributed by atoms with Gasteiger partial charge in [0.05, 0.1) is 0 Å². The quantitative estimate of drug-likeness (QED) is 0.527. The molecule has 0 aromatic rings. The first-order valence-corrected chi connectivity index (χ1v) is 11.3. The minimum Gasteiger partial charge on any atom is -0.550 e. The van der Waals surface area contributed by atoms with Gasteiger partial charge in [0, 0.05) is 39.5 Å². The van der Waals surface area contributed by atoms with Crippen molar-refractivity contribution in [3.8, 4) is 0 Å². The maximum absolute atomic E-state index is 12.9. The molecule has 8 nitrogen and oxygen atoms in total. The van der Waals surface area contributed by atoms with Gasteiger partial charge in [-0.05, 0) is 99.3 Å². The van der Waals surface area contributed by atoms with Crippen molar-refractivity contribution in [1.29, 1.82) is 0 Å². The molecular weight excluding hydrogens is 412 g/mol. The summed E-state index contributed by atoms with van der Waals surface area (Å²) in [5.41, 5.74) is -4.37. The third-order valence-corrected chi connectivity index (χ3v) is 8.08. The molecule has 2 saturated heterocycles. The monoisotopic (exact) mass is 450 g/mol. The highest BCUT2D eigenvalue weighted by molar-refractivity contribution is 5.80. The molecule has 0 aromatic heterocycles. The van der Waals surface area contributed by atoms with Gasteiger partial charge in [0.2, 0.25) is 12.8 Å². The zero-order valence-electron chi connectivity index (χ0n) is 20.7. The minimum atomic E-state index is -1.69. The third-order valence-electron chi connectivity index (χ3n) is 8.08. The number of piperidine rings is 2. The van der Waals surface area contributed by atoms with Gasteiger partial charge in [0.25, 0.3) is 0 Å². The number of carbonyl (C=O) groups is 4. The number of hydrogen-bond donors (Lipinski definition) is 0. The number of amides is 2. The number of carboxylic acids is 2. The van der Waals surface area contributed by atoms with Crippen LogP contribution in [0, 0.1) is 17.3 Å². The molecule has 32 heavy (non-hydrogen) atoms. The number of carboxylic acid groups (broad SMARTS) is 2. The average Bonchev–Trinajstić information content (AvgIpc) is 2.55. The molecule has 2 amide bonds. The lowest BCUT2D eigenvalue weighted by Gasteiger charge is -2.63. The van der Waals surface area contributed by atoms with E-state index < -0.39 is 57.8 Å². The number of likely N-dealkylation sites (tertiary alicyclic amines) is 2. The van der Waals surface area contributed by atoms with Crippen molar-refractivity contribution in [2.24, 2.45) is 17.3 Å². The van der Waals surface area contributed by atoms with Crippen LogP contribution in [0.2, 0.25) is 0 Å². The summed E-state index contributed by atoms with van der Waals surface area (Å²) in [7, 11) is 0. The fourth-order valence-electron chi connectivity index (χ4n) is 7.15. The van der Waals surface area contributed by atoms with E-state index in [0.29, 0.717) is 25.7 Å². The van der Waals surface area contributed by atoms with Crippen LogP contribution in [0.5, 0.6) is 0 Å². The molecule has 0 aliphatic carbocycles. The fourth-order valence-corrected chi connectivity index (χ4v) is 7.15. The molecule has 2 fully saturated rings. The van der Waals surface area contributed by atoms with E-state index in [4.69, 9.17) is 0 Å². The summed E-state index contributed by atoms with van der Waals surface area (Å²) in [6, 6.07) is 0. The zero-order valence-corrected chi connectivity index (χ0v) is 20.7. The van der Waals surface area contributed by atoms with Gasteiger partial charge in [-0.1, -0.05) is 0 Å². The van der Waals surface area contributed by atoms with Crippen molar-refractivity contribution in [3.05, 3.63) is 0 Å². The van der Waals surface area contributed by atoms with Crippen molar-refractivity contribution in [2.75, 3.05) is 0 Å². The largest absolute Gasteiger partial charge is 0.550 e. The molecule has 0 radical (unpaired) electrons. The smallest absolute Gasteiger partial charge is 0.210 e. The first kappa shape index (κ1) is 26.1. The molecule has 0 saturated carbocycles. The van der Waals surface area contributed by atoms with E-state index in [1.807, 2.05) is 55.4 Å². The van der Waals surface area contributed by atoms with Gasteiger partial charge in [-0.15, -0.1) is 0 Å². The lowest BCUT2D eigenvalue weighted by Crippen LogP contribution is -2.68. The van der Waals surface area contributed by atoms with E-state index >= 15 is 0 Å². The van der Waals surface area contributed by atoms with Crippen LogP contribution in [0.1, 0.15) is 87.5 Å². The molecule has 0 atom stereocenters. The highest BCUT2D eigenvalue weighted by atomic mass is 16.4. The van der Waals surface area contributed by atoms with E-state index in [1.54, 1.807) is 9.80 Å². The van der Waals surface area contributed by atoms with E-state index in [1.165, 1.54) is 0 Å². The lowest BCUT2D eigenvalue weighted by molar-refractivity contribution is -0.338. The van der Waals surface area contributed by atoms with Gasteiger partial charge in [0.15, 0.2) is 0 Å². The van der Waals surface area contributed by atoms with Gasteiger partial charge >= 0.3 is 0 Å². The predicted molar refractivity (Wildman–Crippen MR) is 115 cm³/mol. The second kappa shape index (κ2) is 8.03. The normalized spacial score (nSPS) is 25.2. The number of aliphatic carboxylic acids is 2. The predicted octanol–water partition coefficient (Wildman–Crippen LogP) is 0.714. The molecule has 0 aromatic carbocycles. The Morgan fingerprint density at radius 3 is 1.22 bits per heavy atom. The van der Waals surface area contributed by atoms with Crippen LogP contribution in [0.25, 0.3) is 0 Å². The number of carbonyl (C=O) groups excluding carboxylic acids is 4. The summed E-state index contributed by atoms with van der Waals surface area (Å²) in [4.78, 5) is 52.0. The minimum absolute atomic E-state index is 0.325. The summed E-state index contributed by atoms with van der Waals surface area (Å²) in [6.45, 7) is 15.0. The van der Waals surface area contributed by atoms with E-state index in [2.05, 4.69) is 0 Å². The first-order chi connectivity index (χ1) is 14.4. The molecule has 0 unspecified atom stereocenters. The Balaban J connectivity index is 2.68. The van der Waals surface area contributed by atoms with Crippen molar-refractivity contribution >= 4 is 24.8 Å². The van der Waals surface area contributed by atoms with Crippen molar-refractivity contribution in [2.45, 2.75) is 110 Å². The standard InChI is InChI=1S/C24H40N2O6/c1-20(2)9-16(10-21(3,4)25(20)14-27)24(19(31)32,13-18(29)30)17-11-22(5,6)26(15-28)23(7,8)12-17/h14-17H,9-13H2,1-8H3,(H,29,30)(H,31,32)/p-2. The van der Waals surface area contributed by atoms with Gasteiger partial charge in [-0.25, -0.2) is 0 Å². The molecule has 2 rings (SSSR count). The zero-order chi connectivity index (χ0) is 24.9. The maximum atomic E-state index is 12.9. The van der Waals surface area contributed by atoms with Crippen LogP contribution >= 0.6 is 0 Å². The first-order valence-electron chi connectivity index (χ1n) is 11.3. The Morgan fingerprint density at radius 1 is 0.750 bits per heavy atom. The Morgan fingerprint density at radius 2 is 1.03 bits per heavy atom. The van der Waals surface area contributed by atoms with Crippen molar-refractivity contribution in [3.63, 3.8) is 0 Å². The Hall–Kier alpha value is -2.12.